The Morgan fingerprint density at radius 3 is 2.09 bits per heavy atom. The van der Waals surface area contributed by atoms with E-state index < -0.39 is 0 Å². The molecule has 22 heavy (non-hydrogen) atoms. The molecular weight excluding hydrogens is 276 g/mol. The summed E-state index contributed by atoms with van der Waals surface area (Å²) in [5.41, 5.74) is 0.880. The van der Waals surface area contributed by atoms with E-state index in [2.05, 4.69) is 10.4 Å². The molecule has 0 spiro atoms. The fourth-order valence-electron chi connectivity index (χ4n) is 1.56. The number of nitrogens with zero attached hydrogens (tertiary/aromatic N) is 2. The predicted molar refractivity (Wildman–Crippen MR) is 87.7 cm³/mol. The van der Waals surface area contributed by atoms with Crippen LogP contribution >= 0.6 is 0 Å². The second-order valence-corrected chi connectivity index (χ2v) is 4.13. The molecule has 110 valence electrons. The molecule has 0 fully saturated rings. The highest BCUT2D eigenvalue weighted by molar-refractivity contribution is 5.58. The minimum absolute atomic E-state index is 0.564. The molecule has 4 heteroatoms. The number of allylic oxidation sites excluding steroid dienone is 10. The van der Waals surface area contributed by atoms with Gasteiger partial charge in [-0.1, -0.05) is 79.0 Å². The zero-order valence-corrected chi connectivity index (χ0v) is 11.9. The first-order chi connectivity index (χ1) is 11.0. The van der Waals surface area contributed by atoms with Crippen molar-refractivity contribution in [2.24, 2.45) is 10.4 Å². The maximum atomic E-state index is 5.12. The zero-order chi connectivity index (χ0) is 15.3. The van der Waals surface area contributed by atoms with Gasteiger partial charge in [0.15, 0.2) is 5.75 Å². The van der Waals surface area contributed by atoms with Crippen molar-refractivity contribution < 1.29 is 9.88 Å². The molecule has 1 aromatic rings. The number of rotatable bonds is 0. The molecule has 0 saturated heterocycles. The summed E-state index contributed by atoms with van der Waals surface area (Å²) in [5.74, 6) is 0.564. The van der Waals surface area contributed by atoms with Gasteiger partial charge in [-0.05, 0) is 12.1 Å². The molecule has 0 N–H and O–H groups in total. The monoisotopic (exact) mass is 292 g/mol. The van der Waals surface area contributed by atoms with Crippen LogP contribution in [0.15, 0.2) is 102 Å². The van der Waals surface area contributed by atoms with Crippen molar-refractivity contribution in [3.63, 3.8) is 0 Å². The standard InChI is InChI=1S/C18H16N2O2/c1-2-4-6-8-12-16-19-20-22-21-18-15-11-10-14-17(18)13-9-7-5-3-1/h1-16H/b3-1-,4-2-,7-5+,8-6-,13-9-,16-12-,20-19-. The van der Waals surface area contributed by atoms with Gasteiger partial charge in [0.05, 0.1) is 11.5 Å². The Hall–Kier alpha value is -3.14. The highest BCUT2D eigenvalue weighted by Crippen LogP contribution is 2.19. The average Bonchev–Trinajstić information content (AvgIpc) is 2.55. The van der Waals surface area contributed by atoms with Gasteiger partial charge in [-0.2, -0.15) is 0 Å². The fraction of sp³-hybridized carbons (Fsp3) is 0. The van der Waals surface area contributed by atoms with Crippen molar-refractivity contribution in [3.8, 4) is 5.75 Å². The Balaban J connectivity index is 2.16. The van der Waals surface area contributed by atoms with E-state index in [4.69, 9.17) is 9.88 Å². The van der Waals surface area contributed by atoms with Crippen LogP contribution in [0.4, 0.5) is 0 Å². The maximum absolute atomic E-state index is 5.12. The van der Waals surface area contributed by atoms with E-state index in [0.717, 1.165) is 5.56 Å². The normalized spacial score (nSPS) is 24.9. The van der Waals surface area contributed by atoms with Gasteiger partial charge < -0.3 is 0 Å². The van der Waals surface area contributed by atoms with Crippen molar-refractivity contribution in [3.05, 3.63) is 96.8 Å². The molecule has 0 aliphatic carbocycles. The first kappa shape index (κ1) is 15.3. The summed E-state index contributed by atoms with van der Waals surface area (Å²) in [6.07, 6.45) is 22.4. The molecule has 2 rings (SSSR count). The first-order valence-corrected chi connectivity index (χ1v) is 6.79. The van der Waals surface area contributed by atoms with E-state index in [-0.39, 0.29) is 0 Å². The SMILES string of the molecule is C1=C\C=C/C=C/C=C\c2ccccc2OO\N=N/C=C\C=C/1. The van der Waals surface area contributed by atoms with Gasteiger partial charge >= 0.3 is 0 Å². The molecule has 0 amide bonds. The van der Waals surface area contributed by atoms with Crippen LogP contribution in [0.3, 0.4) is 0 Å². The van der Waals surface area contributed by atoms with E-state index in [9.17, 15) is 0 Å². The second-order valence-electron chi connectivity index (χ2n) is 4.13. The molecule has 4 nitrogen and oxygen atoms in total. The van der Waals surface area contributed by atoms with E-state index in [1.54, 1.807) is 12.1 Å². The highest BCUT2D eigenvalue weighted by Gasteiger charge is 2.00. The number of benzene rings is 1. The van der Waals surface area contributed by atoms with Crippen LogP contribution in [0.2, 0.25) is 0 Å². The summed E-state index contributed by atoms with van der Waals surface area (Å²) in [4.78, 5) is 9.83. The lowest BCUT2D eigenvalue weighted by molar-refractivity contribution is -0.215. The van der Waals surface area contributed by atoms with E-state index in [1.807, 2.05) is 79.0 Å². The van der Waals surface area contributed by atoms with Crippen molar-refractivity contribution in [2.45, 2.75) is 0 Å². The van der Waals surface area contributed by atoms with Crippen LogP contribution in [0, 0.1) is 0 Å². The predicted octanol–water partition coefficient (Wildman–Crippen LogP) is 5.13. The van der Waals surface area contributed by atoms with Crippen LogP contribution in [-0.2, 0) is 4.99 Å². The van der Waals surface area contributed by atoms with Crippen LogP contribution in [-0.4, -0.2) is 0 Å². The van der Waals surface area contributed by atoms with Gasteiger partial charge in [0.2, 0.25) is 0 Å². The number of hydrogen-bond acceptors (Lipinski definition) is 4. The van der Waals surface area contributed by atoms with E-state index in [1.165, 1.54) is 6.20 Å². The smallest absolute Gasteiger partial charge is 0.188 e. The fourth-order valence-corrected chi connectivity index (χ4v) is 1.56. The molecule has 1 aromatic carbocycles. The number of hydrogen-bond donors (Lipinski definition) is 0. The van der Waals surface area contributed by atoms with Crippen molar-refractivity contribution in [1.29, 1.82) is 0 Å². The van der Waals surface area contributed by atoms with Crippen LogP contribution in [0.5, 0.6) is 5.75 Å². The zero-order valence-electron chi connectivity index (χ0n) is 11.9. The largest absolute Gasteiger partial charge is 0.265 e. The molecule has 0 unspecified atom stereocenters. The topological polar surface area (TPSA) is 43.2 Å². The Kier molecular flexibility index (Phi) is 6.74. The quantitative estimate of drug-likeness (QED) is 0.622. The summed E-state index contributed by atoms with van der Waals surface area (Å²) < 4.78 is 0. The van der Waals surface area contributed by atoms with Gasteiger partial charge in [-0.15, -0.1) is 10.1 Å². The Bertz CT molecular complexity index is 665. The summed E-state index contributed by atoms with van der Waals surface area (Å²) >= 11 is 0. The lowest BCUT2D eigenvalue weighted by Crippen LogP contribution is -1.91. The lowest BCUT2D eigenvalue weighted by Gasteiger charge is -2.02. The molecule has 0 bridgehead atoms. The van der Waals surface area contributed by atoms with Gasteiger partial charge in [-0.3, -0.25) is 4.89 Å². The van der Waals surface area contributed by atoms with Gasteiger partial charge in [0.25, 0.3) is 0 Å². The minimum atomic E-state index is 0.564. The summed E-state index contributed by atoms with van der Waals surface area (Å²) in [6.45, 7) is 0. The van der Waals surface area contributed by atoms with E-state index >= 15 is 0 Å². The summed E-state index contributed by atoms with van der Waals surface area (Å²) in [6, 6.07) is 7.49. The van der Waals surface area contributed by atoms with Crippen molar-refractivity contribution in [2.75, 3.05) is 0 Å². The number of fused-ring (bicyclic) bond motifs is 1. The Labute approximate surface area is 129 Å². The van der Waals surface area contributed by atoms with Crippen LogP contribution in [0.25, 0.3) is 6.08 Å². The van der Waals surface area contributed by atoms with E-state index in [0.29, 0.717) is 5.75 Å². The second kappa shape index (κ2) is 9.72. The number of para-hydroxylation sites is 1. The summed E-state index contributed by atoms with van der Waals surface area (Å²) in [7, 11) is 0. The maximum Gasteiger partial charge on any atom is 0.188 e. The molecule has 1 aliphatic heterocycles. The van der Waals surface area contributed by atoms with Gasteiger partial charge in [-0.25, -0.2) is 0 Å². The van der Waals surface area contributed by atoms with Crippen molar-refractivity contribution in [1.82, 2.24) is 0 Å². The molecule has 0 saturated carbocycles. The molecule has 1 heterocycles. The van der Waals surface area contributed by atoms with Crippen molar-refractivity contribution >= 4 is 6.08 Å². The van der Waals surface area contributed by atoms with Crippen LogP contribution < -0.4 is 4.89 Å². The van der Waals surface area contributed by atoms with Gasteiger partial charge in [0.1, 0.15) is 0 Å². The molecular formula is C18H16N2O2. The first-order valence-electron chi connectivity index (χ1n) is 6.79. The minimum Gasteiger partial charge on any atom is -0.265 e. The third-order valence-corrected chi connectivity index (χ3v) is 2.56. The molecule has 0 atom stereocenters. The lowest BCUT2D eigenvalue weighted by atomic mass is 10.2. The molecule has 0 aromatic heterocycles. The third kappa shape index (κ3) is 5.88. The summed E-state index contributed by atoms with van der Waals surface area (Å²) in [5, 5.41) is 7.13. The van der Waals surface area contributed by atoms with Crippen LogP contribution in [0.1, 0.15) is 5.56 Å². The Morgan fingerprint density at radius 1 is 0.682 bits per heavy atom. The average molecular weight is 292 g/mol. The third-order valence-electron chi connectivity index (χ3n) is 2.56. The highest BCUT2D eigenvalue weighted by atomic mass is 17.3. The van der Waals surface area contributed by atoms with Gasteiger partial charge in [0, 0.05) is 5.56 Å². The Morgan fingerprint density at radius 2 is 1.32 bits per heavy atom. The molecule has 1 aliphatic rings. The molecule has 0 radical (unpaired) electrons.